The summed E-state index contributed by atoms with van der Waals surface area (Å²) < 4.78 is 5.22. The smallest absolute Gasteiger partial charge is 0.408 e. The van der Waals surface area contributed by atoms with Crippen LogP contribution in [0, 0.1) is 11.8 Å². The summed E-state index contributed by atoms with van der Waals surface area (Å²) in [5, 5.41) is 5.31. The largest absolute Gasteiger partial charge is 0.445 e. The van der Waals surface area contributed by atoms with Crippen molar-refractivity contribution in [3.63, 3.8) is 0 Å². The summed E-state index contributed by atoms with van der Waals surface area (Å²) in [7, 11) is 0. The molecule has 0 radical (unpaired) electrons. The maximum atomic E-state index is 12.9. The van der Waals surface area contributed by atoms with E-state index in [0.717, 1.165) is 5.56 Å². The number of halogens is 1. The van der Waals surface area contributed by atoms with Gasteiger partial charge in [-0.3, -0.25) is 25.2 Å². The van der Waals surface area contributed by atoms with E-state index in [0.29, 0.717) is 12.8 Å². The molecule has 0 saturated heterocycles. The molecule has 9 nitrogen and oxygen atoms in total. The molecule has 10 heteroatoms. The molecule has 0 heterocycles. The number of carbonyl (C=O) groups excluding carboxylic acids is 4. The zero-order valence-electron chi connectivity index (χ0n) is 18.9. The number of carbonyl (C=O) groups is 4. The van der Waals surface area contributed by atoms with E-state index in [2.05, 4.69) is 37.4 Å². The van der Waals surface area contributed by atoms with Crippen LogP contribution in [0.15, 0.2) is 30.3 Å². The van der Waals surface area contributed by atoms with E-state index in [1.807, 2.05) is 58.0 Å². The van der Waals surface area contributed by atoms with Gasteiger partial charge in [-0.25, -0.2) is 4.79 Å². The predicted molar refractivity (Wildman–Crippen MR) is 124 cm³/mol. The first kappa shape index (κ1) is 27.4. The number of hydrazine groups is 1. The minimum absolute atomic E-state index is 0.0277. The summed E-state index contributed by atoms with van der Waals surface area (Å²) >= 11 is 2.99. The van der Waals surface area contributed by atoms with E-state index < -0.39 is 35.9 Å². The van der Waals surface area contributed by atoms with Gasteiger partial charge in [-0.05, 0) is 30.2 Å². The van der Waals surface area contributed by atoms with Crippen LogP contribution in [0.25, 0.3) is 0 Å². The van der Waals surface area contributed by atoms with Crippen molar-refractivity contribution in [1.29, 1.82) is 0 Å². The van der Waals surface area contributed by atoms with Gasteiger partial charge < -0.3 is 15.4 Å². The van der Waals surface area contributed by atoms with Crippen LogP contribution in [0.3, 0.4) is 0 Å². The number of hydrogen-bond donors (Lipinski definition) is 4. The van der Waals surface area contributed by atoms with Crippen molar-refractivity contribution in [2.24, 2.45) is 11.8 Å². The van der Waals surface area contributed by atoms with Crippen LogP contribution < -0.4 is 21.5 Å². The molecule has 0 unspecified atom stereocenters. The standard InChI is InChI=1S/C22H33BrN4O5/c1-14(2)10-17(25-22(31)32-13-16-8-6-5-7-9-16)20(29)24-18(11-15(3)4)21(30)27-26-19(28)12-23/h5-9,14-15,17-18H,10-13H2,1-4H3,(H,24,29)(H,25,31)(H,26,28)(H,27,30)/t17-,18-/m0/s1. The van der Waals surface area contributed by atoms with Gasteiger partial charge in [0, 0.05) is 0 Å². The quantitative estimate of drug-likeness (QED) is 0.267. The molecule has 32 heavy (non-hydrogen) atoms. The SMILES string of the molecule is CC(C)C[C@H](NC(=O)OCc1ccccc1)C(=O)N[C@@H](CC(C)C)C(=O)NNC(=O)CBr. The lowest BCUT2D eigenvalue weighted by atomic mass is 10.0. The summed E-state index contributed by atoms with van der Waals surface area (Å²) in [5.74, 6) is -1.26. The second kappa shape index (κ2) is 14.4. The molecule has 1 aromatic rings. The Bertz CT molecular complexity index is 758. The lowest BCUT2D eigenvalue weighted by Gasteiger charge is -2.25. The Balaban J connectivity index is 2.77. The molecule has 1 aromatic carbocycles. The normalized spacial score (nSPS) is 12.6. The first-order valence-electron chi connectivity index (χ1n) is 10.5. The van der Waals surface area contributed by atoms with Gasteiger partial charge in [-0.15, -0.1) is 0 Å². The van der Waals surface area contributed by atoms with E-state index in [1.165, 1.54) is 0 Å². The third-order valence-electron chi connectivity index (χ3n) is 4.32. The summed E-state index contributed by atoms with van der Waals surface area (Å²) in [6.07, 6.45) is 0.00104. The Morgan fingerprint density at radius 2 is 1.41 bits per heavy atom. The van der Waals surface area contributed by atoms with Crippen LogP contribution in [-0.4, -0.2) is 41.2 Å². The molecule has 0 saturated carbocycles. The molecule has 0 fully saturated rings. The third kappa shape index (κ3) is 11.1. The van der Waals surface area contributed by atoms with E-state index in [1.54, 1.807) is 0 Å². The van der Waals surface area contributed by atoms with Crippen molar-refractivity contribution in [3.8, 4) is 0 Å². The maximum absolute atomic E-state index is 12.9. The van der Waals surface area contributed by atoms with Crippen molar-refractivity contribution < 1.29 is 23.9 Å². The average Bonchev–Trinajstić information content (AvgIpc) is 2.74. The Hall–Kier alpha value is -2.62. The molecule has 0 aliphatic rings. The third-order valence-corrected chi connectivity index (χ3v) is 4.82. The van der Waals surface area contributed by atoms with Gasteiger partial charge in [0.25, 0.3) is 5.91 Å². The van der Waals surface area contributed by atoms with Gasteiger partial charge in [0.1, 0.15) is 18.7 Å². The van der Waals surface area contributed by atoms with E-state index in [4.69, 9.17) is 4.74 Å². The Kier molecular flexibility index (Phi) is 12.4. The second-order valence-corrected chi connectivity index (χ2v) is 8.81. The monoisotopic (exact) mass is 512 g/mol. The Morgan fingerprint density at radius 1 is 0.844 bits per heavy atom. The maximum Gasteiger partial charge on any atom is 0.408 e. The number of alkyl halides is 1. The van der Waals surface area contributed by atoms with Crippen molar-refractivity contribution in [2.75, 3.05) is 5.33 Å². The van der Waals surface area contributed by atoms with E-state index in [-0.39, 0.29) is 23.8 Å². The molecule has 2 atom stereocenters. The van der Waals surface area contributed by atoms with Crippen molar-refractivity contribution in [3.05, 3.63) is 35.9 Å². The summed E-state index contributed by atoms with van der Waals surface area (Å²) in [6.45, 7) is 7.74. The van der Waals surface area contributed by atoms with Crippen LogP contribution in [0.4, 0.5) is 4.79 Å². The molecular formula is C22H33BrN4O5. The van der Waals surface area contributed by atoms with Crippen LogP contribution in [0.2, 0.25) is 0 Å². The zero-order chi connectivity index (χ0) is 24.1. The number of rotatable bonds is 11. The number of ether oxygens (including phenoxy) is 1. The number of nitrogens with one attached hydrogen (secondary N) is 4. The van der Waals surface area contributed by atoms with Gasteiger partial charge in [-0.1, -0.05) is 74.0 Å². The lowest BCUT2D eigenvalue weighted by molar-refractivity contribution is -0.132. The minimum Gasteiger partial charge on any atom is -0.445 e. The highest BCUT2D eigenvalue weighted by Crippen LogP contribution is 2.09. The fourth-order valence-electron chi connectivity index (χ4n) is 2.84. The van der Waals surface area contributed by atoms with Gasteiger partial charge in [0.05, 0.1) is 5.33 Å². The zero-order valence-corrected chi connectivity index (χ0v) is 20.5. The molecule has 4 N–H and O–H groups in total. The lowest BCUT2D eigenvalue weighted by Crippen LogP contribution is -2.56. The topological polar surface area (TPSA) is 126 Å². The fraction of sp³-hybridized carbons (Fsp3) is 0.545. The molecule has 0 spiro atoms. The average molecular weight is 513 g/mol. The molecule has 1 rings (SSSR count). The van der Waals surface area contributed by atoms with Crippen LogP contribution >= 0.6 is 15.9 Å². The van der Waals surface area contributed by atoms with Gasteiger partial charge >= 0.3 is 6.09 Å². The van der Waals surface area contributed by atoms with Gasteiger partial charge in [-0.2, -0.15) is 0 Å². The van der Waals surface area contributed by atoms with Gasteiger partial charge in [0.15, 0.2) is 0 Å². The fourth-order valence-corrected chi connectivity index (χ4v) is 2.98. The summed E-state index contributed by atoms with van der Waals surface area (Å²) in [5.41, 5.74) is 5.39. The Labute approximate surface area is 197 Å². The summed E-state index contributed by atoms with van der Waals surface area (Å²) in [4.78, 5) is 49.1. The Morgan fingerprint density at radius 3 is 1.94 bits per heavy atom. The first-order chi connectivity index (χ1) is 15.1. The number of hydrogen-bond acceptors (Lipinski definition) is 5. The highest BCUT2D eigenvalue weighted by Gasteiger charge is 2.28. The van der Waals surface area contributed by atoms with E-state index in [9.17, 15) is 19.2 Å². The predicted octanol–water partition coefficient (Wildman–Crippen LogP) is 2.40. The second-order valence-electron chi connectivity index (χ2n) is 8.25. The van der Waals surface area contributed by atoms with E-state index >= 15 is 0 Å². The van der Waals surface area contributed by atoms with Crippen molar-refractivity contribution >= 4 is 39.7 Å². The first-order valence-corrected chi connectivity index (χ1v) is 11.7. The highest BCUT2D eigenvalue weighted by molar-refractivity contribution is 9.09. The highest BCUT2D eigenvalue weighted by atomic mass is 79.9. The van der Waals surface area contributed by atoms with Crippen LogP contribution in [0.1, 0.15) is 46.1 Å². The van der Waals surface area contributed by atoms with Crippen LogP contribution in [-0.2, 0) is 25.7 Å². The van der Waals surface area contributed by atoms with Crippen molar-refractivity contribution in [1.82, 2.24) is 21.5 Å². The molecule has 0 bridgehead atoms. The van der Waals surface area contributed by atoms with Crippen LogP contribution in [0.5, 0.6) is 0 Å². The number of amides is 4. The molecule has 4 amide bonds. The molecule has 0 aliphatic carbocycles. The van der Waals surface area contributed by atoms with Crippen molar-refractivity contribution in [2.45, 2.75) is 59.2 Å². The van der Waals surface area contributed by atoms with Gasteiger partial charge in [0.2, 0.25) is 11.8 Å². The number of benzene rings is 1. The summed E-state index contributed by atoms with van der Waals surface area (Å²) in [6, 6.07) is 7.44. The minimum atomic E-state index is -0.880. The molecule has 0 aromatic heterocycles. The molecule has 0 aliphatic heterocycles. The molecular weight excluding hydrogens is 480 g/mol. The number of alkyl carbamates (subject to hydrolysis) is 1. The molecule has 178 valence electrons.